The minimum Gasteiger partial charge on any atom is -0.473 e. The molecule has 106 valence electrons. The fourth-order valence-corrected chi connectivity index (χ4v) is 1.69. The molecule has 0 unspecified atom stereocenters. The number of ether oxygens (including phenoxy) is 1. The molecule has 0 bridgehead atoms. The van der Waals surface area contributed by atoms with Gasteiger partial charge >= 0.3 is 0 Å². The van der Waals surface area contributed by atoms with E-state index in [1.807, 2.05) is 32.0 Å². The molecule has 2 heterocycles. The molecule has 2 rings (SSSR count). The molecule has 6 heteroatoms. The van der Waals surface area contributed by atoms with Crippen LogP contribution in [-0.4, -0.2) is 27.6 Å². The highest BCUT2D eigenvalue weighted by atomic mass is 16.5. The van der Waals surface area contributed by atoms with Crippen molar-refractivity contribution in [1.82, 2.24) is 15.0 Å². The summed E-state index contributed by atoms with van der Waals surface area (Å²) in [4.78, 5) is 12.4. The van der Waals surface area contributed by atoms with Gasteiger partial charge in [-0.3, -0.25) is 4.98 Å². The van der Waals surface area contributed by atoms with Crippen LogP contribution in [0, 0.1) is 0 Å². The average Bonchev–Trinajstić information content (AvgIpc) is 2.43. The van der Waals surface area contributed by atoms with Crippen LogP contribution in [0.3, 0.4) is 0 Å². The summed E-state index contributed by atoms with van der Waals surface area (Å²) in [6.07, 6.45) is 4.04. The molecule has 3 N–H and O–H groups in total. The second-order valence-corrected chi connectivity index (χ2v) is 4.61. The van der Waals surface area contributed by atoms with Gasteiger partial charge in [0.15, 0.2) is 5.82 Å². The topological polar surface area (TPSA) is 86.0 Å². The number of pyridine rings is 1. The number of anilines is 2. The monoisotopic (exact) mass is 273 g/mol. The lowest BCUT2D eigenvalue weighted by atomic mass is 10.3. The Labute approximate surface area is 118 Å². The van der Waals surface area contributed by atoms with Crippen LogP contribution in [0.2, 0.25) is 0 Å². The second kappa shape index (κ2) is 6.70. The van der Waals surface area contributed by atoms with Crippen molar-refractivity contribution in [1.29, 1.82) is 0 Å². The van der Waals surface area contributed by atoms with Crippen LogP contribution in [0.1, 0.15) is 19.5 Å². The van der Waals surface area contributed by atoms with E-state index in [4.69, 9.17) is 10.5 Å². The molecule has 0 aliphatic rings. The quantitative estimate of drug-likeness (QED) is 0.836. The Morgan fingerprint density at radius 1 is 1.25 bits per heavy atom. The zero-order valence-electron chi connectivity index (χ0n) is 11.7. The molecule has 2 aromatic rings. The first kappa shape index (κ1) is 14.0. The van der Waals surface area contributed by atoms with E-state index >= 15 is 0 Å². The van der Waals surface area contributed by atoms with Crippen molar-refractivity contribution >= 4 is 11.5 Å². The maximum absolute atomic E-state index is 5.98. The largest absolute Gasteiger partial charge is 0.473 e. The van der Waals surface area contributed by atoms with Gasteiger partial charge in [0.1, 0.15) is 12.0 Å². The lowest BCUT2D eigenvalue weighted by Crippen LogP contribution is -2.13. The van der Waals surface area contributed by atoms with Gasteiger partial charge in [-0.1, -0.05) is 6.07 Å². The van der Waals surface area contributed by atoms with Crippen LogP contribution in [0.15, 0.2) is 30.7 Å². The van der Waals surface area contributed by atoms with Gasteiger partial charge in [0.2, 0.25) is 5.88 Å². The summed E-state index contributed by atoms with van der Waals surface area (Å²) in [5.41, 5.74) is 7.44. The predicted molar refractivity (Wildman–Crippen MR) is 78.6 cm³/mol. The summed E-state index contributed by atoms with van der Waals surface area (Å²) >= 11 is 0. The number of rotatable bonds is 6. The van der Waals surface area contributed by atoms with E-state index in [9.17, 15) is 0 Å². The Morgan fingerprint density at radius 2 is 2.10 bits per heavy atom. The van der Waals surface area contributed by atoms with Crippen molar-refractivity contribution in [3.05, 3.63) is 36.4 Å². The minimum absolute atomic E-state index is 0.0218. The van der Waals surface area contributed by atoms with Crippen molar-refractivity contribution in [3.63, 3.8) is 0 Å². The third-order valence-corrected chi connectivity index (χ3v) is 2.59. The molecule has 0 saturated heterocycles. The summed E-state index contributed by atoms with van der Waals surface area (Å²) in [6, 6.07) is 5.85. The third-order valence-electron chi connectivity index (χ3n) is 2.59. The number of hydrogen-bond donors (Lipinski definition) is 2. The molecule has 0 fully saturated rings. The van der Waals surface area contributed by atoms with Crippen molar-refractivity contribution in [2.24, 2.45) is 0 Å². The molecule has 20 heavy (non-hydrogen) atoms. The number of aromatic nitrogens is 3. The van der Waals surface area contributed by atoms with E-state index in [1.54, 1.807) is 6.20 Å². The first-order valence-corrected chi connectivity index (χ1v) is 6.57. The maximum atomic E-state index is 5.98. The highest BCUT2D eigenvalue weighted by Gasteiger charge is 2.10. The van der Waals surface area contributed by atoms with Gasteiger partial charge in [-0.05, 0) is 26.0 Å². The Bertz CT molecular complexity index is 545. The highest BCUT2D eigenvalue weighted by molar-refractivity contribution is 5.66. The molecule has 0 spiro atoms. The fraction of sp³-hybridized carbons (Fsp3) is 0.357. The number of nitrogens with two attached hydrogens (primary N) is 1. The van der Waals surface area contributed by atoms with Crippen LogP contribution in [0.25, 0.3) is 0 Å². The average molecular weight is 273 g/mol. The molecular formula is C14H19N5O. The van der Waals surface area contributed by atoms with E-state index in [0.29, 0.717) is 23.9 Å². The molecular weight excluding hydrogens is 254 g/mol. The predicted octanol–water partition coefficient (Wildman–Crippen LogP) is 1.90. The molecule has 0 radical (unpaired) electrons. The first-order chi connectivity index (χ1) is 9.66. The molecule has 0 aliphatic heterocycles. The van der Waals surface area contributed by atoms with Crippen LogP contribution in [0.5, 0.6) is 5.88 Å². The molecule has 6 nitrogen and oxygen atoms in total. The molecule has 0 aliphatic carbocycles. The standard InChI is InChI=1S/C14H19N5O/c1-10(2)20-14-12(15)13(18-9-19-14)17-8-6-11-5-3-4-7-16-11/h3-5,7,9-10H,6,8,15H2,1-2H3,(H,17,18,19). The van der Waals surface area contributed by atoms with E-state index in [-0.39, 0.29) is 6.10 Å². The molecule has 0 amide bonds. The summed E-state index contributed by atoms with van der Waals surface area (Å²) in [5.74, 6) is 1.00. The highest BCUT2D eigenvalue weighted by Crippen LogP contribution is 2.25. The maximum Gasteiger partial charge on any atom is 0.242 e. The van der Waals surface area contributed by atoms with Gasteiger partial charge in [0, 0.05) is 24.9 Å². The van der Waals surface area contributed by atoms with Crippen molar-refractivity contribution in [2.75, 3.05) is 17.6 Å². The zero-order chi connectivity index (χ0) is 14.4. The summed E-state index contributed by atoms with van der Waals surface area (Å²) in [7, 11) is 0. The SMILES string of the molecule is CC(C)Oc1ncnc(NCCc2ccccn2)c1N. The van der Waals surface area contributed by atoms with E-state index < -0.39 is 0 Å². The number of nitrogens with zero attached hydrogens (tertiary/aromatic N) is 3. The Morgan fingerprint density at radius 3 is 2.80 bits per heavy atom. The smallest absolute Gasteiger partial charge is 0.242 e. The summed E-state index contributed by atoms with van der Waals surface area (Å²) < 4.78 is 5.52. The van der Waals surface area contributed by atoms with Crippen LogP contribution < -0.4 is 15.8 Å². The van der Waals surface area contributed by atoms with Gasteiger partial charge < -0.3 is 15.8 Å². The van der Waals surface area contributed by atoms with E-state index in [2.05, 4.69) is 20.3 Å². The van der Waals surface area contributed by atoms with Crippen molar-refractivity contribution in [2.45, 2.75) is 26.4 Å². The van der Waals surface area contributed by atoms with Crippen molar-refractivity contribution < 1.29 is 4.74 Å². The van der Waals surface area contributed by atoms with Gasteiger partial charge in [-0.25, -0.2) is 4.98 Å². The Balaban J connectivity index is 1.96. The minimum atomic E-state index is 0.0218. The lowest BCUT2D eigenvalue weighted by Gasteiger charge is -2.13. The van der Waals surface area contributed by atoms with Gasteiger partial charge in [-0.15, -0.1) is 0 Å². The lowest BCUT2D eigenvalue weighted by molar-refractivity contribution is 0.234. The van der Waals surface area contributed by atoms with Crippen molar-refractivity contribution in [3.8, 4) is 5.88 Å². The molecule has 0 aromatic carbocycles. The second-order valence-electron chi connectivity index (χ2n) is 4.61. The van der Waals surface area contributed by atoms with E-state index in [1.165, 1.54) is 6.33 Å². The van der Waals surface area contributed by atoms with Crippen LogP contribution in [-0.2, 0) is 6.42 Å². The van der Waals surface area contributed by atoms with Gasteiger partial charge in [0.25, 0.3) is 0 Å². The van der Waals surface area contributed by atoms with Crippen LogP contribution in [0.4, 0.5) is 11.5 Å². The molecule has 0 atom stereocenters. The number of nitrogens with one attached hydrogen (secondary N) is 1. The first-order valence-electron chi connectivity index (χ1n) is 6.57. The normalized spacial score (nSPS) is 10.6. The molecule has 0 saturated carbocycles. The number of hydrogen-bond acceptors (Lipinski definition) is 6. The van der Waals surface area contributed by atoms with E-state index in [0.717, 1.165) is 12.1 Å². The fourth-order valence-electron chi connectivity index (χ4n) is 1.69. The zero-order valence-corrected chi connectivity index (χ0v) is 11.7. The number of nitrogen functional groups attached to an aromatic ring is 1. The summed E-state index contributed by atoms with van der Waals surface area (Å²) in [6.45, 7) is 4.55. The van der Waals surface area contributed by atoms with Crippen LogP contribution >= 0.6 is 0 Å². The summed E-state index contributed by atoms with van der Waals surface area (Å²) in [5, 5.41) is 3.18. The van der Waals surface area contributed by atoms with Gasteiger partial charge in [-0.2, -0.15) is 4.98 Å². The van der Waals surface area contributed by atoms with Gasteiger partial charge in [0.05, 0.1) is 6.10 Å². The molecule has 2 aromatic heterocycles. The Hall–Kier alpha value is -2.37. The third kappa shape index (κ3) is 3.81. The Kier molecular flexibility index (Phi) is 4.70.